The summed E-state index contributed by atoms with van der Waals surface area (Å²) in [6.07, 6.45) is 4.18. The van der Waals surface area contributed by atoms with Crippen LogP contribution in [0.3, 0.4) is 0 Å². The zero-order valence-corrected chi connectivity index (χ0v) is 15.6. The van der Waals surface area contributed by atoms with Crippen LogP contribution in [0.4, 0.5) is 0 Å². The van der Waals surface area contributed by atoms with Crippen molar-refractivity contribution in [2.24, 2.45) is 13.0 Å². The number of nitrogens with zero attached hydrogens (tertiary/aromatic N) is 4. The molecule has 2 aliphatic rings. The number of hydrogen-bond acceptors (Lipinski definition) is 5. The number of fused-ring (bicyclic) bond motifs is 1. The molecule has 0 unspecified atom stereocenters. The van der Waals surface area contributed by atoms with Crippen LogP contribution in [0, 0.1) is 5.92 Å². The Morgan fingerprint density at radius 3 is 2.88 bits per heavy atom. The zero-order valence-electron chi connectivity index (χ0n) is 15.6. The van der Waals surface area contributed by atoms with Crippen LogP contribution >= 0.6 is 0 Å². The highest BCUT2D eigenvalue weighted by molar-refractivity contribution is 5.76. The second-order valence-electron chi connectivity index (χ2n) is 7.44. The lowest BCUT2D eigenvalue weighted by Crippen LogP contribution is -2.40. The molecule has 0 saturated carbocycles. The van der Waals surface area contributed by atoms with Crippen molar-refractivity contribution in [3.05, 3.63) is 17.7 Å². The zero-order chi connectivity index (χ0) is 17.8. The number of amides is 1. The van der Waals surface area contributed by atoms with Gasteiger partial charge < -0.3 is 18.9 Å². The predicted octanol–water partition coefficient (Wildman–Crippen LogP) is 0.851. The van der Waals surface area contributed by atoms with Gasteiger partial charge in [0, 0.05) is 65.6 Å². The third-order valence-electron chi connectivity index (χ3n) is 5.20. The van der Waals surface area contributed by atoms with E-state index in [4.69, 9.17) is 9.47 Å². The lowest BCUT2D eigenvalue weighted by molar-refractivity contribution is -0.133. The summed E-state index contributed by atoms with van der Waals surface area (Å²) >= 11 is 0. The number of carbonyl (C=O) groups is 1. The normalized spacial score (nSPS) is 22.0. The molecule has 0 radical (unpaired) electrons. The van der Waals surface area contributed by atoms with E-state index in [2.05, 4.69) is 14.5 Å². The van der Waals surface area contributed by atoms with Crippen LogP contribution in [-0.4, -0.2) is 78.9 Å². The summed E-state index contributed by atoms with van der Waals surface area (Å²) in [7, 11) is 5.54. The molecule has 3 heterocycles. The van der Waals surface area contributed by atoms with Gasteiger partial charge in [-0.1, -0.05) is 0 Å². The molecule has 1 aromatic rings. The van der Waals surface area contributed by atoms with Crippen molar-refractivity contribution in [3.63, 3.8) is 0 Å². The average Bonchev–Trinajstić information content (AvgIpc) is 2.96. The Hall–Kier alpha value is -1.44. The average molecular weight is 350 g/mol. The molecular weight excluding hydrogens is 320 g/mol. The first-order valence-electron chi connectivity index (χ1n) is 9.12. The highest BCUT2D eigenvalue weighted by Crippen LogP contribution is 2.29. The summed E-state index contributed by atoms with van der Waals surface area (Å²) in [4.78, 5) is 20.4. The van der Waals surface area contributed by atoms with Crippen molar-refractivity contribution in [2.45, 2.75) is 25.3 Å². The van der Waals surface area contributed by atoms with E-state index in [9.17, 15) is 4.79 Å². The van der Waals surface area contributed by atoms with Crippen LogP contribution < -0.4 is 0 Å². The highest BCUT2D eigenvalue weighted by Gasteiger charge is 2.30. The molecule has 7 heteroatoms. The summed E-state index contributed by atoms with van der Waals surface area (Å²) in [5.74, 6) is 0.960. The fraction of sp³-hybridized carbons (Fsp3) is 0.778. The van der Waals surface area contributed by atoms with Gasteiger partial charge in [-0.25, -0.2) is 4.98 Å². The highest BCUT2D eigenvalue weighted by atomic mass is 16.5. The molecule has 1 amide bonds. The monoisotopic (exact) mass is 350 g/mol. The number of ether oxygens (including phenoxy) is 2. The fourth-order valence-corrected chi connectivity index (χ4v) is 3.79. The summed E-state index contributed by atoms with van der Waals surface area (Å²) in [5, 5.41) is 0. The molecule has 25 heavy (non-hydrogen) atoms. The van der Waals surface area contributed by atoms with Crippen LogP contribution in [0.2, 0.25) is 0 Å². The van der Waals surface area contributed by atoms with Gasteiger partial charge in [0.15, 0.2) is 0 Å². The molecule has 0 spiro atoms. The van der Waals surface area contributed by atoms with Gasteiger partial charge in [0.05, 0.1) is 18.6 Å². The van der Waals surface area contributed by atoms with Crippen LogP contribution in [0.1, 0.15) is 30.1 Å². The van der Waals surface area contributed by atoms with Crippen molar-refractivity contribution in [3.8, 4) is 0 Å². The van der Waals surface area contributed by atoms with Gasteiger partial charge in [-0.2, -0.15) is 0 Å². The largest absolute Gasteiger partial charge is 0.381 e. The van der Waals surface area contributed by atoms with E-state index in [0.29, 0.717) is 12.5 Å². The molecule has 140 valence electrons. The van der Waals surface area contributed by atoms with E-state index in [0.717, 1.165) is 51.4 Å². The van der Waals surface area contributed by atoms with E-state index in [-0.39, 0.29) is 18.4 Å². The van der Waals surface area contributed by atoms with Crippen LogP contribution in [0.5, 0.6) is 0 Å². The Morgan fingerprint density at radius 2 is 2.16 bits per heavy atom. The van der Waals surface area contributed by atoms with Crippen molar-refractivity contribution < 1.29 is 14.3 Å². The summed E-state index contributed by atoms with van der Waals surface area (Å²) in [6, 6.07) is 0. The number of hydrogen-bond donors (Lipinski definition) is 0. The smallest absolute Gasteiger partial charge is 0.248 e. The molecule has 7 nitrogen and oxygen atoms in total. The number of likely N-dealkylation sites (N-methyl/N-ethyl adjacent to an activating group) is 1. The topological polar surface area (TPSA) is 59.8 Å². The number of aromatic nitrogens is 2. The SMILES string of the molecule is CN(C)C(=O)COC[C@@H]1CN(CC2CCOCC2)Cc2ncn(C)c21. The molecule has 1 saturated heterocycles. The maximum atomic E-state index is 11.7. The quantitative estimate of drug-likeness (QED) is 0.761. The maximum absolute atomic E-state index is 11.7. The first-order chi connectivity index (χ1) is 12.0. The van der Waals surface area contributed by atoms with E-state index >= 15 is 0 Å². The summed E-state index contributed by atoms with van der Waals surface area (Å²) in [6.45, 7) is 5.40. The number of aryl methyl sites for hydroxylation is 1. The van der Waals surface area contributed by atoms with Gasteiger partial charge >= 0.3 is 0 Å². The Morgan fingerprint density at radius 1 is 1.40 bits per heavy atom. The van der Waals surface area contributed by atoms with Crippen molar-refractivity contribution in [2.75, 3.05) is 53.6 Å². The Bertz CT molecular complexity index is 581. The second-order valence-corrected chi connectivity index (χ2v) is 7.44. The summed E-state index contributed by atoms with van der Waals surface area (Å²) in [5.41, 5.74) is 2.40. The predicted molar refractivity (Wildman–Crippen MR) is 94.3 cm³/mol. The molecule has 1 atom stereocenters. The minimum Gasteiger partial charge on any atom is -0.381 e. The Balaban J connectivity index is 1.61. The molecule has 1 aromatic heterocycles. The molecule has 1 fully saturated rings. The third kappa shape index (κ3) is 4.59. The minimum absolute atomic E-state index is 0.0000933. The molecule has 0 bridgehead atoms. The standard InChI is InChI=1S/C18H30N4O3/c1-20(2)17(23)12-25-11-15-9-22(8-14-4-6-24-7-5-14)10-16-18(15)21(3)13-19-16/h13-15H,4-12H2,1-3H3/t15-/m0/s1. The molecule has 2 aliphatic heterocycles. The molecule has 0 N–H and O–H groups in total. The van der Waals surface area contributed by atoms with Crippen molar-refractivity contribution in [1.29, 1.82) is 0 Å². The van der Waals surface area contributed by atoms with E-state index in [1.54, 1.807) is 19.0 Å². The van der Waals surface area contributed by atoms with Gasteiger partial charge in [0.1, 0.15) is 6.61 Å². The molecule has 0 aromatic carbocycles. The third-order valence-corrected chi connectivity index (χ3v) is 5.20. The Labute approximate surface area is 149 Å². The van der Waals surface area contributed by atoms with Crippen molar-refractivity contribution in [1.82, 2.24) is 19.4 Å². The van der Waals surface area contributed by atoms with Gasteiger partial charge in [-0.15, -0.1) is 0 Å². The van der Waals surface area contributed by atoms with Crippen LogP contribution in [0.15, 0.2) is 6.33 Å². The van der Waals surface area contributed by atoms with Gasteiger partial charge in [-0.3, -0.25) is 9.69 Å². The van der Waals surface area contributed by atoms with Gasteiger partial charge in [0.2, 0.25) is 5.91 Å². The second kappa shape index (κ2) is 8.29. The first kappa shape index (κ1) is 18.4. The van der Waals surface area contributed by atoms with E-state index < -0.39 is 0 Å². The van der Waals surface area contributed by atoms with Crippen molar-refractivity contribution >= 4 is 5.91 Å². The number of carbonyl (C=O) groups excluding carboxylic acids is 1. The van der Waals surface area contributed by atoms with Gasteiger partial charge in [-0.05, 0) is 18.8 Å². The lowest BCUT2D eigenvalue weighted by atomic mass is 9.95. The maximum Gasteiger partial charge on any atom is 0.248 e. The summed E-state index contributed by atoms with van der Waals surface area (Å²) < 4.78 is 13.3. The lowest BCUT2D eigenvalue weighted by Gasteiger charge is -2.35. The molecule has 3 rings (SSSR count). The van der Waals surface area contributed by atoms with Gasteiger partial charge in [0.25, 0.3) is 0 Å². The van der Waals surface area contributed by atoms with E-state index in [1.165, 1.54) is 5.69 Å². The van der Waals surface area contributed by atoms with Crippen LogP contribution in [0.25, 0.3) is 0 Å². The Kier molecular flexibility index (Phi) is 6.09. The molecular formula is C18H30N4O3. The minimum atomic E-state index is 0.0000933. The number of rotatable bonds is 6. The molecule has 0 aliphatic carbocycles. The number of imidazole rings is 1. The van der Waals surface area contributed by atoms with E-state index in [1.807, 2.05) is 13.4 Å². The van der Waals surface area contributed by atoms with Crippen LogP contribution in [-0.2, 0) is 27.9 Å². The fourth-order valence-electron chi connectivity index (χ4n) is 3.79. The first-order valence-corrected chi connectivity index (χ1v) is 9.12.